The minimum Gasteiger partial charge on any atom is -0.486 e. The minimum atomic E-state index is 0.442. The second-order valence-corrected chi connectivity index (χ2v) is 5.03. The molecule has 0 unspecified atom stereocenters. The maximum absolute atomic E-state index is 5.68. The molecule has 18 heavy (non-hydrogen) atoms. The molecule has 0 fully saturated rings. The van der Waals surface area contributed by atoms with Gasteiger partial charge in [-0.3, -0.25) is 0 Å². The topological polar surface area (TPSA) is 65.4 Å². The highest BCUT2D eigenvalue weighted by Gasteiger charge is 2.07. The van der Waals surface area contributed by atoms with Crippen molar-refractivity contribution in [3.8, 4) is 5.75 Å². The van der Waals surface area contributed by atoms with Crippen molar-refractivity contribution in [1.82, 2.24) is 14.6 Å². The maximum atomic E-state index is 5.68. The zero-order chi connectivity index (χ0) is 12.5. The molecule has 0 amide bonds. The molecule has 0 radical (unpaired) electrons. The van der Waals surface area contributed by atoms with Crippen LogP contribution in [0.15, 0.2) is 30.5 Å². The van der Waals surface area contributed by atoms with E-state index in [2.05, 4.69) is 10.1 Å². The first-order chi connectivity index (χ1) is 8.70. The summed E-state index contributed by atoms with van der Waals surface area (Å²) >= 11 is 1.48. The van der Waals surface area contributed by atoms with Gasteiger partial charge in [-0.2, -0.15) is 5.10 Å². The quantitative estimate of drug-likeness (QED) is 0.784. The Balaban J connectivity index is 1.74. The van der Waals surface area contributed by atoms with Crippen LogP contribution in [0.4, 0.5) is 5.82 Å². The van der Waals surface area contributed by atoms with Crippen LogP contribution in [0.1, 0.15) is 10.6 Å². The first-order valence-electron chi connectivity index (χ1n) is 5.51. The molecule has 0 aliphatic rings. The molecule has 3 aromatic rings. The molecular formula is C12H12N4OS. The standard InChI is InChI=1S/C12H12N4OS/c1-8-3-2-4-9(5-8)17-7-11-15-16-6-10(13)14-12(16)18-11/h2-6H,7,13H2,1H3. The van der Waals surface area contributed by atoms with E-state index in [-0.39, 0.29) is 0 Å². The van der Waals surface area contributed by atoms with Gasteiger partial charge in [0.05, 0.1) is 6.20 Å². The summed E-state index contributed by atoms with van der Waals surface area (Å²) in [7, 11) is 0. The fraction of sp³-hybridized carbons (Fsp3) is 0.167. The first kappa shape index (κ1) is 11.0. The van der Waals surface area contributed by atoms with Crippen LogP contribution >= 0.6 is 11.3 Å². The van der Waals surface area contributed by atoms with Gasteiger partial charge in [-0.1, -0.05) is 23.5 Å². The SMILES string of the molecule is Cc1cccc(OCc2nn3cc(N)nc3s2)c1. The monoisotopic (exact) mass is 260 g/mol. The highest BCUT2D eigenvalue weighted by atomic mass is 32.1. The molecule has 92 valence electrons. The van der Waals surface area contributed by atoms with Gasteiger partial charge in [0.1, 0.15) is 18.2 Å². The fourth-order valence-corrected chi connectivity index (χ4v) is 2.46. The number of aromatic nitrogens is 3. The van der Waals surface area contributed by atoms with Crippen LogP contribution in [0, 0.1) is 6.92 Å². The Kier molecular flexibility index (Phi) is 2.64. The average molecular weight is 260 g/mol. The van der Waals surface area contributed by atoms with E-state index < -0.39 is 0 Å². The Morgan fingerprint density at radius 1 is 1.44 bits per heavy atom. The number of benzene rings is 1. The van der Waals surface area contributed by atoms with E-state index >= 15 is 0 Å². The number of imidazole rings is 1. The Labute approximate surface area is 108 Å². The molecule has 0 aliphatic heterocycles. The zero-order valence-corrected chi connectivity index (χ0v) is 10.6. The van der Waals surface area contributed by atoms with Crippen molar-refractivity contribution in [2.45, 2.75) is 13.5 Å². The Morgan fingerprint density at radius 2 is 2.33 bits per heavy atom. The van der Waals surface area contributed by atoms with Gasteiger partial charge in [0, 0.05) is 0 Å². The Hall–Kier alpha value is -2.08. The summed E-state index contributed by atoms with van der Waals surface area (Å²) in [5.41, 5.74) is 6.75. The highest BCUT2D eigenvalue weighted by Crippen LogP contribution is 2.18. The molecule has 0 saturated carbocycles. The van der Waals surface area contributed by atoms with Crippen LogP contribution < -0.4 is 10.5 Å². The normalized spacial score (nSPS) is 10.9. The van der Waals surface area contributed by atoms with Gasteiger partial charge < -0.3 is 10.5 Å². The van der Waals surface area contributed by atoms with Crippen LogP contribution in [0.2, 0.25) is 0 Å². The zero-order valence-electron chi connectivity index (χ0n) is 9.83. The van der Waals surface area contributed by atoms with E-state index in [1.165, 1.54) is 16.9 Å². The predicted octanol–water partition coefficient (Wildman–Crippen LogP) is 2.26. The number of aryl methyl sites for hydroxylation is 1. The number of anilines is 1. The molecule has 1 aromatic carbocycles. The lowest BCUT2D eigenvalue weighted by Gasteiger charge is -2.03. The van der Waals surface area contributed by atoms with E-state index in [9.17, 15) is 0 Å². The van der Waals surface area contributed by atoms with E-state index in [1.807, 2.05) is 31.2 Å². The minimum absolute atomic E-state index is 0.442. The maximum Gasteiger partial charge on any atom is 0.214 e. The summed E-state index contributed by atoms with van der Waals surface area (Å²) in [4.78, 5) is 4.93. The number of hydrogen-bond acceptors (Lipinski definition) is 5. The van der Waals surface area contributed by atoms with Crippen LogP contribution in [-0.2, 0) is 6.61 Å². The van der Waals surface area contributed by atoms with Gasteiger partial charge in [0.25, 0.3) is 0 Å². The summed E-state index contributed by atoms with van der Waals surface area (Å²) < 4.78 is 7.35. The molecule has 3 rings (SSSR count). The van der Waals surface area contributed by atoms with Crippen LogP contribution in [-0.4, -0.2) is 14.6 Å². The molecule has 0 aliphatic carbocycles. The van der Waals surface area contributed by atoms with Gasteiger partial charge >= 0.3 is 0 Å². The second kappa shape index (κ2) is 4.30. The Morgan fingerprint density at radius 3 is 3.11 bits per heavy atom. The third-order valence-corrected chi connectivity index (χ3v) is 3.35. The van der Waals surface area contributed by atoms with Crippen molar-refractivity contribution >= 4 is 22.1 Å². The number of hydrogen-bond donors (Lipinski definition) is 1. The van der Waals surface area contributed by atoms with Crippen LogP contribution in [0.25, 0.3) is 4.96 Å². The smallest absolute Gasteiger partial charge is 0.214 e. The molecule has 2 N–H and O–H groups in total. The number of nitrogens with two attached hydrogens (primary N) is 1. The molecule has 0 spiro atoms. The summed E-state index contributed by atoms with van der Waals surface area (Å²) in [6, 6.07) is 7.94. The molecule has 2 heterocycles. The van der Waals surface area contributed by atoms with Gasteiger partial charge in [-0.05, 0) is 24.6 Å². The molecular weight excluding hydrogens is 248 g/mol. The molecule has 0 atom stereocenters. The van der Waals surface area contributed by atoms with E-state index in [4.69, 9.17) is 10.5 Å². The van der Waals surface area contributed by atoms with Crippen molar-refractivity contribution in [2.24, 2.45) is 0 Å². The number of ether oxygens (including phenoxy) is 1. The second-order valence-electron chi connectivity index (χ2n) is 3.99. The van der Waals surface area contributed by atoms with Crippen LogP contribution in [0.5, 0.6) is 5.75 Å². The van der Waals surface area contributed by atoms with Crippen molar-refractivity contribution in [3.63, 3.8) is 0 Å². The van der Waals surface area contributed by atoms with E-state index in [0.717, 1.165) is 15.7 Å². The predicted molar refractivity (Wildman–Crippen MR) is 70.8 cm³/mol. The largest absolute Gasteiger partial charge is 0.486 e. The van der Waals surface area contributed by atoms with Crippen LogP contribution in [0.3, 0.4) is 0 Å². The van der Waals surface area contributed by atoms with Crippen molar-refractivity contribution < 1.29 is 4.74 Å². The molecule has 0 bridgehead atoms. The van der Waals surface area contributed by atoms with E-state index in [0.29, 0.717) is 12.4 Å². The Bertz CT molecular complexity index is 657. The summed E-state index contributed by atoms with van der Waals surface area (Å²) in [5.74, 6) is 1.34. The first-order valence-corrected chi connectivity index (χ1v) is 6.32. The number of fused-ring (bicyclic) bond motifs is 1. The van der Waals surface area contributed by atoms with Crippen molar-refractivity contribution in [1.29, 1.82) is 0 Å². The lowest BCUT2D eigenvalue weighted by atomic mass is 10.2. The van der Waals surface area contributed by atoms with Gasteiger partial charge in [-0.25, -0.2) is 9.50 Å². The number of nitrogens with zero attached hydrogens (tertiary/aromatic N) is 3. The molecule has 5 nitrogen and oxygen atoms in total. The summed E-state index contributed by atoms with van der Waals surface area (Å²) in [5, 5.41) is 5.21. The average Bonchev–Trinajstić information content (AvgIpc) is 2.83. The lowest BCUT2D eigenvalue weighted by Crippen LogP contribution is -1.96. The van der Waals surface area contributed by atoms with Crippen molar-refractivity contribution in [3.05, 3.63) is 41.0 Å². The lowest BCUT2D eigenvalue weighted by molar-refractivity contribution is 0.304. The van der Waals surface area contributed by atoms with Gasteiger partial charge in [0.15, 0.2) is 5.01 Å². The van der Waals surface area contributed by atoms with Crippen molar-refractivity contribution in [2.75, 3.05) is 5.73 Å². The molecule has 2 aromatic heterocycles. The highest BCUT2D eigenvalue weighted by molar-refractivity contribution is 7.16. The van der Waals surface area contributed by atoms with E-state index in [1.54, 1.807) is 10.7 Å². The molecule has 6 heteroatoms. The van der Waals surface area contributed by atoms with Gasteiger partial charge in [0.2, 0.25) is 4.96 Å². The number of rotatable bonds is 3. The van der Waals surface area contributed by atoms with Gasteiger partial charge in [-0.15, -0.1) is 0 Å². The molecule has 0 saturated heterocycles. The third kappa shape index (κ3) is 2.14. The summed E-state index contributed by atoms with van der Waals surface area (Å²) in [6.45, 7) is 2.48. The number of nitrogen functional groups attached to an aromatic ring is 1. The fourth-order valence-electron chi connectivity index (χ4n) is 1.67. The summed E-state index contributed by atoms with van der Waals surface area (Å²) in [6.07, 6.45) is 1.70. The third-order valence-electron chi connectivity index (χ3n) is 2.46.